The van der Waals surface area contributed by atoms with Crippen LogP contribution in [0.1, 0.15) is 0 Å². The number of nitrogens with zero attached hydrogens (tertiary/aromatic N) is 3. The molecule has 1 saturated heterocycles. The first kappa shape index (κ1) is 17.9. The summed E-state index contributed by atoms with van der Waals surface area (Å²) in [6.45, 7) is 3.16. The van der Waals surface area contributed by atoms with Crippen molar-refractivity contribution in [1.29, 1.82) is 0 Å². The van der Waals surface area contributed by atoms with E-state index in [1.165, 1.54) is 12.1 Å². The molecule has 2 aromatic rings. The van der Waals surface area contributed by atoms with E-state index in [1.54, 1.807) is 19.2 Å². The number of para-hydroxylation sites is 2. The molecular formula is C18H20N4O3S. The van der Waals surface area contributed by atoms with Gasteiger partial charge in [-0.15, -0.1) is 0 Å². The predicted octanol–water partition coefficient (Wildman–Crippen LogP) is 3.12. The van der Waals surface area contributed by atoms with Gasteiger partial charge in [-0.25, -0.2) is 0 Å². The molecule has 1 N–H and O–H groups in total. The highest BCUT2D eigenvalue weighted by molar-refractivity contribution is 7.80. The molecule has 2 aromatic carbocycles. The summed E-state index contributed by atoms with van der Waals surface area (Å²) in [5.41, 5.74) is 1.74. The molecule has 3 rings (SSSR count). The van der Waals surface area contributed by atoms with Gasteiger partial charge < -0.3 is 19.9 Å². The molecule has 7 nitrogen and oxygen atoms in total. The normalized spacial score (nSPS) is 14.0. The van der Waals surface area contributed by atoms with Gasteiger partial charge in [0.25, 0.3) is 5.69 Å². The van der Waals surface area contributed by atoms with E-state index in [0.29, 0.717) is 10.8 Å². The maximum atomic E-state index is 10.9. The van der Waals surface area contributed by atoms with Crippen molar-refractivity contribution in [2.24, 2.45) is 0 Å². The molecule has 0 atom stereocenters. The summed E-state index contributed by atoms with van der Waals surface area (Å²) in [6.07, 6.45) is 0. The van der Waals surface area contributed by atoms with Crippen molar-refractivity contribution in [2.45, 2.75) is 0 Å². The van der Waals surface area contributed by atoms with Crippen LogP contribution in [-0.4, -0.2) is 48.2 Å². The number of anilines is 2. The van der Waals surface area contributed by atoms with Crippen LogP contribution in [0.25, 0.3) is 0 Å². The molecule has 0 bridgehead atoms. The summed E-state index contributed by atoms with van der Waals surface area (Å²) in [6, 6.07) is 14.3. The minimum Gasteiger partial charge on any atom is -0.495 e. The molecule has 1 aliphatic heterocycles. The van der Waals surface area contributed by atoms with Gasteiger partial charge in [0.1, 0.15) is 5.75 Å². The van der Waals surface area contributed by atoms with Gasteiger partial charge in [0.15, 0.2) is 5.11 Å². The Morgan fingerprint density at radius 2 is 1.88 bits per heavy atom. The minimum absolute atomic E-state index is 0.0405. The number of ether oxygens (including phenoxy) is 1. The first-order chi connectivity index (χ1) is 12.6. The van der Waals surface area contributed by atoms with Gasteiger partial charge in [-0.1, -0.05) is 18.2 Å². The summed E-state index contributed by atoms with van der Waals surface area (Å²) in [5.74, 6) is 0.859. The molecule has 0 aliphatic carbocycles. The highest BCUT2D eigenvalue weighted by Gasteiger charge is 2.21. The van der Waals surface area contributed by atoms with E-state index in [4.69, 9.17) is 17.0 Å². The van der Waals surface area contributed by atoms with E-state index in [2.05, 4.69) is 15.1 Å². The van der Waals surface area contributed by atoms with Crippen LogP contribution in [0, 0.1) is 10.1 Å². The number of benzene rings is 2. The summed E-state index contributed by atoms with van der Waals surface area (Å²) in [7, 11) is 1.67. The van der Waals surface area contributed by atoms with Crippen LogP contribution < -0.4 is 15.0 Å². The monoisotopic (exact) mass is 372 g/mol. The van der Waals surface area contributed by atoms with Crippen molar-refractivity contribution in [2.75, 3.05) is 43.5 Å². The summed E-state index contributed by atoms with van der Waals surface area (Å²) in [4.78, 5) is 14.8. The topological polar surface area (TPSA) is 70.9 Å². The maximum Gasteiger partial charge on any atom is 0.271 e. The largest absolute Gasteiger partial charge is 0.495 e. The van der Waals surface area contributed by atoms with Crippen LogP contribution >= 0.6 is 12.2 Å². The Morgan fingerprint density at radius 3 is 2.58 bits per heavy atom. The fraction of sp³-hybridized carbons (Fsp3) is 0.278. The molecule has 0 saturated carbocycles. The molecule has 0 amide bonds. The first-order valence-corrected chi connectivity index (χ1v) is 8.67. The number of piperazine rings is 1. The second-order valence-electron chi connectivity index (χ2n) is 5.88. The van der Waals surface area contributed by atoms with E-state index in [9.17, 15) is 10.1 Å². The number of methoxy groups -OCH3 is 1. The van der Waals surface area contributed by atoms with Gasteiger partial charge in [-0.2, -0.15) is 0 Å². The molecule has 0 unspecified atom stereocenters. The average Bonchev–Trinajstić information content (AvgIpc) is 2.68. The van der Waals surface area contributed by atoms with Crippen molar-refractivity contribution in [3.63, 3.8) is 0 Å². The van der Waals surface area contributed by atoms with Crippen LogP contribution in [-0.2, 0) is 0 Å². The molecular weight excluding hydrogens is 352 g/mol. The zero-order valence-corrected chi connectivity index (χ0v) is 15.2. The van der Waals surface area contributed by atoms with Crippen LogP contribution in [0.15, 0.2) is 48.5 Å². The van der Waals surface area contributed by atoms with Gasteiger partial charge in [0.2, 0.25) is 0 Å². The van der Waals surface area contributed by atoms with Crippen LogP contribution in [0.3, 0.4) is 0 Å². The second-order valence-corrected chi connectivity index (χ2v) is 6.27. The van der Waals surface area contributed by atoms with E-state index in [0.717, 1.165) is 37.6 Å². The number of hydrogen-bond acceptors (Lipinski definition) is 5. The molecule has 0 radical (unpaired) electrons. The Bertz CT molecular complexity index is 807. The van der Waals surface area contributed by atoms with Gasteiger partial charge in [-0.3, -0.25) is 10.1 Å². The lowest BCUT2D eigenvalue weighted by atomic mass is 10.2. The predicted molar refractivity (Wildman–Crippen MR) is 106 cm³/mol. The molecule has 8 heteroatoms. The van der Waals surface area contributed by atoms with E-state index in [-0.39, 0.29) is 5.69 Å². The van der Waals surface area contributed by atoms with Gasteiger partial charge in [0, 0.05) is 44.0 Å². The molecule has 0 aromatic heterocycles. The Morgan fingerprint density at radius 1 is 1.15 bits per heavy atom. The minimum atomic E-state index is -0.416. The second kappa shape index (κ2) is 8.01. The van der Waals surface area contributed by atoms with E-state index in [1.807, 2.05) is 24.3 Å². The Labute approximate surface area is 157 Å². The zero-order valence-electron chi connectivity index (χ0n) is 14.4. The number of rotatable bonds is 4. The number of non-ortho nitro benzene ring substituents is 1. The van der Waals surface area contributed by atoms with Crippen molar-refractivity contribution < 1.29 is 9.66 Å². The number of nitrogens with one attached hydrogen (secondary N) is 1. The Balaban J connectivity index is 1.60. The quantitative estimate of drug-likeness (QED) is 0.502. The molecule has 1 fully saturated rings. The van der Waals surface area contributed by atoms with Gasteiger partial charge in [-0.05, 0) is 30.4 Å². The van der Waals surface area contributed by atoms with Crippen LogP contribution in [0.4, 0.5) is 17.1 Å². The third-order valence-electron chi connectivity index (χ3n) is 4.30. The highest BCUT2D eigenvalue weighted by atomic mass is 32.1. The Kier molecular flexibility index (Phi) is 5.52. The lowest BCUT2D eigenvalue weighted by Crippen LogP contribution is -2.50. The van der Waals surface area contributed by atoms with Crippen molar-refractivity contribution in [1.82, 2.24) is 4.90 Å². The summed E-state index contributed by atoms with van der Waals surface area (Å²) in [5, 5.41) is 14.6. The highest BCUT2D eigenvalue weighted by Crippen LogP contribution is 2.28. The van der Waals surface area contributed by atoms with Crippen molar-refractivity contribution in [3.8, 4) is 5.75 Å². The van der Waals surface area contributed by atoms with E-state index < -0.39 is 4.92 Å². The fourth-order valence-electron chi connectivity index (χ4n) is 2.94. The Hall–Kier alpha value is -2.87. The summed E-state index contributed by atoms with van der Waals surface area (Å²) >= 11 is 5.47. The first-order valence-electron chi connectivity index (χ1n) is 8.27. The fourth-order valence-corrected chi connectivity index (χ4v) is 3.24. The number of nitro benzene ring substituents is 1. The van der Waals surface area contributed by atoms with Crippen LogP contribution in [0.2, 0.25) is 0 Å². The molecule has 1 aliphatic rings. The van der Waals surface area contributed by atoms with E-state index >= 15 is 0 Å². The SMILES string of the molecule is COc1ccccc1N1CCN(C(=S)Nc2cccc([N+](=O)[O-])c2)CC1. The summed E-state index contributed by atoms with van der Waals surface area (Å²) < 4.78 is 5.43. The smallest absolute Gasteiger partial charge is 0.271 e. The number of hydrogen-bond donors (Lipinski definition) is 1. The third-order valence-corrected chi connectivity index (χ3v) is 4.66. The lowest BCUT2D eigenvalue weighted by molar-refractivity contribution is -0.384. The van der Waals surface area contributed by atoms with Crippen LogP contribution in [0.5, 0.6) is 5.75 Å². The lowest BCUT2D eigenvalue weighted by Gasteiger charge is -2.37. The van der Waals surface area contributed by atoms with Gasteiger partial charge >= 0.3 is 0 Å². The zero-order chi connectivity index (χ0) is 18.5. The van der Waals surface area contributed by atoms with Crippen molar-refractivity contribution >= 4 is 34.4 Å². The molecule has 26 heavy (non-hydrogen) atoms. The molecule has 1 heterocycles. The molecule has 136 valence electrons. The third kappa shape index (κ3) is 4.02. The standard InChI is InChI=1S/C18H20N4O3S/c1-25-17-8-3-2-7-16(17)20-9-11-21(12-10-20)18(26)19-14-5-4-6-15(13-14)22(23)24/h2-8,13H,9-12H2,1H3,(H,19,26). The number of nitro groups is 1. The number of thiocarbonyl (C=S) groups is 1. The molecule has 0 spiro atoms. The average molecular weight is 372 g/mol. The van der Waals surface area contributed by atoms with Crippen molar-refractivity contribution in [3.05, 3.63) is 58.6 Å². The maximum absolute atomic E-state index is 10.9. The van der Waals surface area contributed by atoms with Gasteiger partial charge in [0.05, 0.1) is 17.7 Å².